The van der Waals surface area contributed by atoms with Crippen LogP contribution in [0, 0.1) is 12.3 Å². The van der Waals surface area contributed by atoms with Crippen LogP contribution in [0.25, 0.3) is 0 Å². The van der Waals surface area contributed by atoms with Crippen LogP contribution in [0.3, 0.4) is 0 Å². The van der Waals surface area contributed by atoms with E-state index in [1.807, 2.05) is 0 Å². The van der Waals surface area contributed by atoms with Gasteiger partial charge in [-0.2, -0.15) is 0 Å². The molecule has 1 rings (SSSR count). The van der Waals surface area contributed by atoms with Crippen molar-refractivity contribution < 1.29 is 0 Å². The molecule has 0 spiro atoms. The van der Waals surface area contributed by atoms with Crippen LogP contribution < -0.4 is 10.6 Å². The zero-order valence-corrected chi connectivity index (χ0v) is 9.60. The molecule has 0 saturated carbocycles. The Morgan fingerprint density at radius 1 is 0.933 bits per heavy atom. The molecule has 0 radical (unpaired) electrons. The summed E-state index contributed by atoms with van der Waals surface area (Å²) in [6.45, 7) is 7.51. The molecular weight excluding hydrogens is 186 g/mol. The van der Waals surface area contributed by atoms with E-state index in [0.29, 0.717) is 0 Å². The van der Waals surface area contributed by atoms with E-state index in [4.69, 9.17) is 6.42 Å². The molecule has 0 aliphatic carbocycles. The van der Waals surface area contributed by atoms with Gasteiger partial charge in [0, 0.05) is 13.1 Å². The molecule has 0 amide bonds. The molecule has 86 valence electrons. The summed E-state index contributed by atoms with van der Waals surface area (Å²) < 4.78 is 0. The molecule has 0 bridgehead atoms. The highest BCUT2D eigenvalue weighted by atomic mass is 15.1. The molecule has 0 unspecified atom stereocenters. The molecule has 0 aromatic rings. The van der Waals surface area contributed by atoms with Gasteiger partial charge in [0.25, 0.3) is 0 Å². The Balaban J connectivity index is 2.23. The molecule has 1 fully saturated rings. The minimum atomic E-state index is 0.792. The summed E-state index contributed by atoms with van der Waals surface area (Å²) in [6.07, 6.45) is 8.99. The highest BCUT2D eigenvalue weighted by Crippen LogP contribution is 1.94. The van der Waals surface area contributed by atoms with Crippen LogP contribution in [0.4, 0.5) is 0 Å². The normalized spacial score (nSPS) is 22.3. The fraction of sp³-hybridized carbons (Fsp3) is 0.833. The Bertz CT molecular complexity index is 174. The van der Waals surface area contributed by atoms with Gasteiger partial charge in [-0.25, -0.2) is 0 Å². The van der Waals surface area contributed by atoms with Gasteiger partial charge in [0.1, 0.15) is 0 Å². The largest absolute Gasteiger partial charge is 0.317 e. The molecule has 3 heteroatoms. The molecule has 1 aliphatic heterocycles. The van der Waals surface area contributed by atoms with Gasteiger partial charge in [-0.3, -0.25) is 4.90 Å². The lowest BCUT2D eigenvalue weighted by Crippen LogP contribution is -2.33. The van der Waals surface area contributed by atoms with Gasteiger partial charge in [-0.05, 0) is 45.4 Å². The molecule has 0 atom stereocenters. The van der Waals surface area contributed by atoms with Crippen molar-refractivity contribution in [2.75, 3.05) is 45.8 Å². The van der Waals surface area contributed by atoms with Gasteiger partial charge >= 0.3 is 0 Å². The first kappa shape index (κ1) is 12.5. The quantitative estimate of drug-likeness (QED) is 0.608. The number of terminal acetylenes is 1. The number of hydrogen-bond donors (Lipinski definition) is 2. The van der Waals surface area contributed by atoms with E-state index in [9.17, 15) is 0 Å². The monoisotopic (exact) mass is 209 g/mol. The van der Waals surface area contributed by atoms with Gasteiger partial charge < -0.3 is 10.6 Å². The van der Waals surface area contributed by atoms with Gasteiger partial charge in [0.05, 0.1) is 6.54 Å². The van der Waals surface area contributed by atoms with Gasteiger partial charge in [0.15, 0.2) is 0 Å². The summed E-state index contributed by atoms with van der Waals surface area (Å²) in [5, 5.41) is 6.90. The van der Waals surface area contributed by atoms with E-state index in [1.54, 1.807) is 0 Å². The summed E-state index contributed by atoms with van der Waals surface area (Å²) in [6, 6.07) is 0. The van der Waals surface area contributed by atoms with E-state index < -0.39 is 0 Å². The SMILES string of the molecule is C#CCN1CCCNCCCNCCC1. The number of nitrogens with zero attached hydrogens (tertiary/aromatic N) is 1. The average molecular weight is 209 g/mol. The van der Waals surface area contributed by atoms with Crippen molar-refractivity contribution in [1.29, 1.82) is 0 Å². The Morgan fingerprint density at radius 2 is 1.47 bits per heavy atom. The van der Waals surface area contributed by atoms with Crippen LogP contribution in [0.2, 0.25) is 0 Å². The Kier molecular flexibility index (Phi) is 7.28. The van der Waals surface area contributed by atoms with Crippen LogP contribution in [0.5, 0.6) is 0 Å². The Labute approximate surface area is 93.6 Å². The third kappa shape index (κ3) is 6.51. The third-order valence-electron chi connectivity index (χ3n) is 2.68. The molecule has 3 nitrogen and oxygen atoms in total. The summed E-state index contributed by atoms with van der Waals surface area (Å²) in [5.74, 6) is 2.73. The Hall–Kier alpha value is -0.560. The molecule has 15 heavy (non-hydrogen) atoms. The molecule has 1 saturated heterocycles. The standard InChI is InChI=1S/C12H23N3/c1-2-10-15-11-4-8-13-6-3-7-14-9-5-12-15/h1,13-14H,3-12H2. The molecular formula is C12H23N3. The van der Waals surface area contributed by atoms with Crippen molar-refractivity contribution in [1.82, 2.24) is 15.5 Å². The topological polar surface area (TPSA) is 27.3 Å². The molecule has 2 N–H and O–H groups in total. The fourth-order valence-corrected chi connectivity index (χ4v) is 1.84. The zero-order chi connectivity index (χ0) is 10.8. The van der Waals surface area contributed by atoms with Crippen molar-refractivity contribution >= 4 is 0 Å². The second-order valence-electron chi connectivity index (χ2n) is 4.04. The third-order valence-corrected chi connectivity index (χ3v) is 2.68. The van der Waals surface area contributed by atoms with Crippen molar-refractivity contribution in [2.45, 2.75) is 19.3 Å². The minimum Gasteiger partial charge on any atom is -0.317 e. The van der Waals surface area contributed by atoms with E-state index in [-0.39, 0.29) is 0 Å². The second kappa shape index (κ2) is 8.72. The van der Waals surface area contributed by atoms with Crippen molar-refractivity contribution in [3.63, 3.8) is 0 Å². The number of rotatable bonds is 1. The predicted molar refractivity (Wildman–Crippen MR) is 64.9 cm³/mol. The first-order valence-corrected chi connectivity index (χ1v) is 6.01. The highest BCUT2D eigenvalue weighted by molar-refractivity contribution is 4.88. The van der Waals surface area contributed by atoms with Gasteiger partial charge in [0.2, 0.25) is 0 Å². The van der Waals surface area contributed by atoms with E-state index in [2.05, 4.69) is 21.5 Å². The first-order valence-electron chi connectivity index (χ1n) is 6.01. The van der Waals surface area contributed by atoms with Crippen molar-refractivity contribution in [3.05, 3.63) is 0 Å². The van der Waals surface area contributed by atoms with Crippen LogP contribution >= 0.6 is 0 Å². The number of nitrogens with one attached hydrogen (secondary N) is 2. The zero-order valence-electron chi connectivity index (χ0n) is 9.60. The van der Waals surface area contributed by atoms with E-state index in [0.717, 1.165) is 45.8 Å². The summed E-state index contributed by atoms with van der Waals surface area (Å²) in [5.41, 5.74) is 0. The molecule has 1 heterocycles. The van der Waals surface area contributed by atoms with Crippen molar-refractivity contribution in [2.24, 2.45) is 0 Å². The summed E-state index contributed by atoms with van der Waals surface area (Å²) in [4.78, 5) is 2.37. The van der Waals surface area contributed by atoms with Crippen LogP contribution in [-0.2, 0) is 0 Å². The van der Waals surface area contributed by atoms with Gasteiger partial charge in [-0.15, -0.1) is 6.42 Å². The first-order chi connectivity index (χ1) is 7.43. The molecule has 0 aromatic heterocycles. The van der Waals surface area contributed by atoms with Gasteiger partial charge in [-0.1, -0.05) is 5.92 Å². The second-order valence-corrected chi connectivity index (χ2v) is 4.04. The lowest BCUT2D eigenvalue weighted by atomic mass is 10.3. The average Bonchev–Trinajstić information content (AvgIpc) is 2.22. The maximum absolute atomic E-state index is 5.35. The highest BCUT2D eigenvalue weighted by Gasteiger charge is 2.03. The molecule has 1 aliphatic rings. The lowest BCUT2D eigenvalue weighted by molar-refractivity contribution is 0.293. The van der Waals surface area contributed by atoms with E-state index >= 15 is 0 Å². The maximum atomic E-state index is 5.35. The van der Waals surface area contributed by atoms with Crippen LogP contribution in [-0.4, -0.2) is 50.7 Å². The Morgan fingerprint density at radius 3 is 2.00 bits per heavy atom. The number of hydrogen-bond acceptors (Lipinski definition) is 3. The van der Waals surface area contributed by atoms with Crippen LogP contribution in [0.15, 0.2) is 0 Å². The maximum Gasteiger partial charge on any atom is 0.0598 e. The smallest absolute Gasteiger partial charge is 0.0598 e. The minimum absolute atomic E-state index is 0.792. The summed E-state index contributed by atoms with van der Waals surface area (Å²) in [7, 11) is 0. The molecule has 0 aromatic carbocycles. The summed E-state index contributed by atoms with van der Waals surface area (Å²) >= 11 is 0. The lowest BCUT2D eigenvalue weighted by Gasteiger charge is -2.20. The van der Waals surface area contributed by atoms with Crippen LogP contribution in [0.1, 0.15) is 19.3 Å². The fourth-order valence-electron chi connectivity index (χ4n) is 1.84. The predicted octanol–water partition coefficient (Wildman–Crippen LogP) is 0.285. The van der Waals surface area contributed by atoms with E-state index in [1.165, 1.54) is 19.3 Å². The van der Waals surface area contributed by atoms with Crippen molar-refractivity contribution in [3.8, 4) is 12.3 Å².